The van der Waals surface area contributed by atoms with Crippen LogP contribution in [-0.4, -0.2) is 37.6 Å². The Balaban J connectivity index is 2.21. The van der Waals surface area contributed by atoms with E-state index in [-0.39, 0.29) is 29.4 Å². The molecule has 18 heavy (non-hydrogen) atoms. The molecule has 0 bridgehead atoms. The van der Waals surface area contributed by atoms with Crippen molar-refractivity contribution in [2.75, 3.05) is 20.7 Å². The van der Waals surface area contributed by atoms with Crippen LogP contribution in [0.3, 0.4) is 0 Å². The van der Waals surface area contributed by atoms with E-state index in [1.807, 2.05) is 18.4 Å². The standard InChI is InChI=1S/C13H16FN2O2/c1-16-7-9(5-11(16)13(15)17)8-3-4-10(14)12(6-8)18-2/h3-6,9,11H,7H2,1-2H3,(H2,15,17)/t9-,11?/m0/s1. The zero-order valence-corrected chi connectivity index (χ0v) is 10.4. The number of likely N-dealkylation sites (N-methyl/N-ethyl adjacent to an activating group) is 1. The molecule has 0 spiro atoms. The molecule has 2 atom stereocenters. The highest BCUT2D eigenvalue weighted by atomic mass is 19.1. The number of carbonyl (C=O) groups excluding carboxylic acids is 1. The Bertz CT molecular complexity index is 464. The van der Waals surface area contributed by atoms with Crippen LogP contribution in [0.2, 0.25) is 0 Å². The van der Waals surface area contributed by atoms with Gasteiger partial charge in [0.2, 0.25) is 5.91 Å². The van der Waals surface area contributed by atoms with Crippen LogP contribution in [0.4, 0.5) is 4.39 Å². The fourth-order valence-corrected chi connectivity index (χ4v) is 2.29. The number of rotatable bonds is 3. The first kappa shape index (κ1) is 12.8. The summed E-state index contributed by atoms with van der Waals surface area (Å²) in [5.41, 5.74) is 6.23. The number of nitrogens with two attached hydrogens (primary N) is 1. The van der Waals surface area contributed by atoms with Crippen LogP contribution >= 0.6 is 0 Å². The van der Waals surface area contributed by atoms with Gasteiger partial charge in [-0.2, -0.15) is 0 Å². The summed E-state index contributed by atoms with van der Waals surface area (Å²) in [5, 5.41) is 0. The maximum Gasteiger partial charge on any atom is 0.235 e. The summed E-state index contributed by atoms with van der Waals surface area (Å²) in [4.78, 5) is 13.1. The number of primary amides is 1. The maximum absolute atomic E-state index is 13.3. The summed E-state index contributed by atoms with van der Waals surface area (Å²) in [6, 6.07) is 4.37. The molecule has 1 aliphatic rings. The van der Waals surface area contributed by atoms with E-state index in [9.17, 15) is 9.18 Å². The fourth-order valence-electron chi connectivity index (χ4n) is 2.29. The summed E-state index contributed by atoms with van der Waals surface area (Å²) in [6.45, 7) is 0.683. The van der Waals surface area contributed by atoms with Crippen molar-refractivity contribution in [1.29, 1.82) is 0 Å². The van der Waals surface area contributed by atoms with Crippen LogP contribution in [0.1, 0.15) is 11.5 Å². The van der Waals surface area contributed by atoms with Crippen molar-refractivity contribution in [3.8, 4) is 5.75 Å². The van der Waals surface area contributed by atoms with Crippen LogP contribution in [-0.2, 0) is 4.79 Å². The molecule has 0 aromatic heterocycles. The Kier molecular flexibility index (Phi) is 3.52. The highest BCUT2D eigenvalue weighted by Gasteiger charge is 2.34. The predicted octanol–water partition coefficient (Wildman–Crippen LogP) is 0.921. The fraction of sp³-hybridized carbons (Fsp3) is 0.385. The first-order valence-electron chi connectivity index (χ1n) is 5.71. The van der Waals surface area contributed by atoms with Crippen LogP contribution in [0.25, 0.3) is 0 Å². The first-order valence-corrected chi connectivity index (χ1v) is 5.71. The van der Waals surface area contributed by atoms with E-state index in [1.165, 1.54) is 13.2 Å². The van der Waals surface area contributed by atoms with Gasteiger partial charge in [-0.3, -0.25) is 9.69 Å². The minimum absolute atomic E-state index is 0.0574. The summed E-state index contributed by atoms with van der Waals surface area (Å²) >= 11 is 0. The number of hydrogen-bond acceptors (Lipinski definition) is 3. The Morgan fingerprint density at radius 1 is 1.56 bits per heavy atom. The Morgan fingerprint density at radius 3 is 2.83 bits per heavy atom. The highest BCUT2D eigenvalue weighted by molar-refractivity contribution is 5.82. The van der Waals surface area contributed by atoms with Gasteiger partial charge in [-0.05, 0) is 31.2 Å². The smallest absolute Gasteiger partial charge is 0.235 e. The summed E-state index contributed by atoms with van der Waals surface area (Å²) in [5.74, 6) is -0.485. The number of nitrogens with zero attached hydrogens (tertiary/aromatic N) is 1. The van der Waals surface area contributed by atoms with Crippen molar-refractivity contribution in [2.24, 2.45) is 5.73 Å². The average Bonchev–Trinajstić information content (AvgIpc) is 2.72. The largest absolute Gasteiger partial charge is 0.494 e. The summed E-state index contributed by atoms with van der Waals surface area (Å²) in [6.07, 6.45) is 1.88. The number of carbonyl (C=O) groups is 1. The van der Waals surface area contributed by atoms with Gasteiger partial charge in [0.1, 0.15) is 0 Å². The molecule has 1 fully saturated rings. The van der Waals surface area contributed by atoms with Gasteiger partial charge in [0.05, 0.1) is 13.2 Å². The van der Waals surface area contributed by atoms with E-state index < -0.39 is 0 Å². The van der Waals surface area contributed by atoms with Gasteiger partial charge in [0, 0.05) is 12.5 Å². The van der Waals surface area contributed by atoms with Crippen LogP contribution in [0, 0.1) is 12.2 Å². The van der Waals surface area contributed by atoms with Crippen molar-refractivity contribution in [2.45, 2.75) is 12.0 Å². The lowest BCUT2D eigenvalue weighted by Gasteiger charge is -2.14. The van der Waals surface area contributed by atoms with Gasteiger partial charge in [0.15, 0.2) is 11.6 Å². The monoisotopic (exact) mass is 251 g/mol. The number of benzene rings is 1. The molecular formula is C13H16FN2O2. The number of likely N-dealkylation sites (tertiary alicyclic amines) is 1. The molecule has 2 rings (SSSR count). The first-order chi connectivity index (χ1) is 8.52. The molecule has 2 N–H and O–H groups in total. The Morgan fingerprint density at radius 2 is 2.28 bits per heavy atom. The third kappa shape index (κ3) is 2.31. The lowest BCUT2D eigenvalue weighted by atomic mass is 9.96. The van der Waals surface area contributed by atoms with Gasteiger partial charge in [0.25, 0.3) is 0 Å². The molecule has 5 heteroatoms. The molecule has 4 nitrogen and oxygen atoms in total. The zero-order chi connectivity index (χ0) is 13.3. The molecular weight excluding hydrogens is 235 g/mol. The molecule has 1 aromatic rings. The van der Waals surface area contributed by atoms with Crippen molar-refractivity contribution >= 4 is 5.91 Å². The van der Waals surface area contributed by atoms with E-state index in [2.05, 4.69) is 0 Å². The number of hydrogen-bond donors (Lipinski definition) is 1. The summed E-state index contributed by atoms with van der Waals surface area (Å²) < 4.78 is 18.3. The molecule has 1 amide bonds. The van der Waals surface area contributed by atoms with E-state index >= 15 is 0 Å². The van der Waals surface area contributed by atoms with Crippen LogP contribution in [0.15, 0.2) is 18.2 Å². The van der Waals surface area contributed by atoms with Gasteiger partial charge in [-0.1, -0.05) is 6.07 Å². The zero-order valence-electron chi connectivity index (χ0n) is 10.4. The van der Waals surface area contributed by atoms with Crippen molar-refractivity contribution in [3.05, 3.63) is 36.0 Å². The SMILES string of the molecule is COc1cc([C@H]2[CH]C(C(N)=O)N(C)C2)ccc1F. The topological polar surface area (TPSA) is 55.6 Å². The number of halogens is 1. The molecule has 97 valence electrons. The number of methoxy groups -OCH3 is 1. The number of amides is 1. The Hall–Kier alpha value is -1.62. The molecule has 1 unspecified atom stereocenters. The highest BCUT2D eigenvalue weighted by Crippen LogP contribution is 2.32. The number of ether oxygens (including phenoxy) is 1. The second-order valence-corrected chi connectivity index (χ2v) is 4.48. The summed E-state index contributed by atoms with van der Waals surface area (Å²) in [7, 11) is 3.27. The van der Waals surface area contributed by atoms with Crippen LogP contribution in [0.5, 0.6) is 5.75 Å². The van der Waals surface area contributed by atoms with E-state index in [4.69, 9.17) is 10.5 Å². The van der Waals surface area contributed by atoms with Crippen LogP contribution < -0.4 is 10.5 Å². The van der Waals surface area contributed by atoms with E-state index in [0.717, 1.165) is 5.56 Å². The van der Waals surface area contributed by atoms with Crippen molar-refractivity contribution in [1.82, 2.24) is 4.90 Å². The second-order valence-electron chi connectivity index (χ2n) is 4.48. The van der Waals surface area contributed by atoms with E-state index in [1.54, 1.807) is 12.1 Å². The molecule has 1 aliphatic heterocycles. The van der Waals surface area contributed by atoms with Gasteiger partial charge < -0.3 is 10.5 Å². The average molecular weight is 251 g/mol. The minimum Gasteiger partial charge on any atom is -0.494 e. The van der Waals surface area contributed by atoms with E-state index in [0.29, 0.717) is 6.54 Å². The Labute approximate surface area is 106 Å². The normalized spacial score (nSPS) is 24.2. The molecule has 1 radical (unpaired) electrons. The van der Waals surface area contributed by atoms with Gasteiger partial charge in [-0.15, -0.1) is 0 Å². The lowest BCUT2D eigenvalue weighted by molar-refractivity contribution is -0.120. The molecule has 1 aromatic carbocycles. The lowest BCUT2D eigenvalue weighted by Crippen LogP contribution is -2.37. The van der Waals surface area contributed by atoms with Crippen molar-refractivity contribution in [3.63, 3.8) is 0 Å². The quantitative estimate of drug-likeness (QED) is 0.869. The molecule has 1 heterocycles. The molecule has 0 saturated carbocycles. The third-order valence-corrected chi connectivity index (χ3v) is 3.27. The maximum atomic E-state index is 13.3. The minimum atomic E-state index is -0.390. The second kappa shape index (κ2) is 4.94. The molecule has 1 saturated heterocycles. The van der Waals surface area contributed by atoms with Gasteiger partial charge in [-0.25, -0.2) is 4.39 Å². The third-order valence-electron chi connectivity index (χ3n) is 3.27. The van der Waals surface area contributed by atoms with Gasteiger partial charge >= 0.3 is 0 Å². The van der Waals surface area contributed by atoms with Crippen molar-refractivity contribution < 1.29 is 13.9 Å². The molecule has 0 aliphatic carbocycles. The predicted molar refractivity (Wildman–Crippen MR) is 65.6 cm³/mol.